The highest BCUT2D eigenvalue weighted by Gasteiger charge is 2.01. The Bertz CT molecular complexity index is 346. The first-order valence-electron chi connectivity index (χ1n) is 5.83. The van der Waals surface area contributed by atoms with E-state index in [2.05, 4.69) is 23.7 Å². The molecule has 0 amide bonds. The summed E-state index contributed by atoms with van der Waals surface area (Å²) in [4.78, 5) is 6.32. The Balaban J connectivity index is 2.39. The molecule has 0 unspecified atom stereocenters. The van der Waals surface area contributed by atoms with Crippen molar-refractivity contribution in [1.29, 1.82) is 5.41 Å². The third-order valence-corrected chi connectivity index (χ3v) is 2.58. The highest BCUT2D eigenvalue weighted by Crippen LogP contribution is 2.08. The van der Waals surface area contributed by atoms with Gasteiger partial charge in [0, 0.05) is 6.54 Å². The molecule has 17 heavy (non-hydrogen) atoms. The predicted octanol–water partition coefficient (Wildman–Crippen LogP) is 1.09. The maximum atomic E-state index is 7.22. The summed E-state index contributed by atoms with van der Waals surface area (Å²) in [5.74, 6) is 0.682. The van der Waals surface area contributed by atoms with E-state index in [0.29, 0.717) is 18.1 Å². The van der Waals surface area contributed by atoms with Gasteiger partial charge in [0.25, 0.3) is 0 Å². The van der Waals surface area contributed by atoms with E-state index in [9.17, 15) is 0 Å². The molecule has 1 aromatic rings. The van der Waals surface area contributed by atoms with Crippen LogP contribution in [-0.2, 0) is 0 Å². The zero-order valence-electron chi connectivity index (χ0n) is 10.4. The molecule has 0 radical (unpaired) electrons. The topological polar surface area (TPSA) is 75.2 Å². The van der Waals surface area contributed by atoms with Crippen molar-refractivity contribution in [3.05, 3.63) is 24.0 Å². The fourth-order valence-electron chi connectivity index (χ4n) is 1.46. The number of likely N-dealkylation sites (N-methyl/N-ethyl adjacent to an activating group) is 1. The summed E-state index contributed by atoms with van der Waals surface area (Å²) in [6.07, 6.45) is 1.60. The van der Waals surface area contributed by atoms with Gasteiger partial charge >= 0.3 is 0 Å². The Morgan fingerprint density at radius 2 is 2.12 bits per heavy atom. The molecule has 94 valence electrons. The summed E-state index contributed by atoms with van der Waals surface area (Å²) < 4.78 is 5.56. The van der Waals surface area contributed by atoms with Crippen LogP contribution in [0.4, 0.5) is 0 Å². The maximum Gasteiger partial charge on any atom is 0.141 e. The van der Waals surface area contributed by atoms with Gasteiger partial charge in [-0.2, -0.15) is 0 Å². The molecular formula is C12H20N4O. The molecule has 3 N–H and O–H groups in total. The van der Waals surface area contributed by atoms with Crippen LogP contribution >= 0.6 is 0 Å². The lowest BCUT2D eigenvalue weighted by molar-refractivity contribution is 0.222. The number of hydrogen-bond acceptors (Lipinski definition) is 4. The molecule has 1 aromatic heterocycles. The van der Waals surface area contributed by atoms with Crippen LogP contribution in [0.25, 0.3) is 0 Å². The van der Waals surface area contributed by atoms with E-state index in [4.69, 9.17) is 15.9 Å². The zero-order valence-corrected chi connectivity index (χ0v) is 10.4. The number of ether oxygens (including phenoxy) is 1. The smallest absolute Gasteiger partial charge is 0.141 e. The van der Waals surface area contributed by atoms with Gasteiger partial charge in [0.05, 0.1) is 6.20 Å². The van der Waals surface area contributed by atoms with Crippen molar-refractivity contribution < 1.29 is 4.74 Å². The van der Waals surface area contributed by atoms with Crippen LogP contribution in [0.3, 0.4) is 0 Å². The van der Waals surface area contributed by atoms with E-state index < -0.39 is 0 Å². The Kier molecular flexibility index (Phi) is 5.42. The molecule has 1 heterocycles. The SMILES string of the molecule is CCN(CC)CCOc1ccc(C(=N)N)nc1. The monoisotopic (exact) mass is 236 g/mol. The van der Waals surface area contributed by atoms with Crippen LogP contribution in [0.2, 0.25) is 0 Å². The summed E-state index contributed by atoms with van der Waals surface area (Å²) in [5, 5.41) is 7.22. The number of pyridine rings is 1. The van der Waals surface area contributed by atoms with Gasteiger partial charge in [-0.05, 0) is 25.2 Å². The third kappa shape index (κ3) is 4.40. The van der Waals surface area contributed by atoms with Crippen molar-refractivity contribution in [2.24, 2.45) is 5.73 Å². The second-order valence-electron chi connectivity index (χ2n) is 3.67. The van der Waals surface area contributed by atoms with Crippen LogP contribution < -0.4 is 10.5 Å². The number of nitrogens with two attached hydrogens (primary N) is 1. The minimum Gasteiger partial charge on any atom is -0.491 e. The molecule has 0 fully saturated rings. The van der Waals surface area contributed by atoms with Gasteiger partial charge in [-0.3, -0.25) is 5.41 Å². The van der Waals surface area contributed by atoms with Gasteiger partial charge in [-0.1, -0.05) is 13.8 Å². The first-order chi connectivity index (χ1) is 8.17. The molecule has 0 aliphatic carbocycles. The van der Waals surface area contributed by atoms with E-state index in [0.717, 1.165) is 19.6 Å². The lowest BCUT2D eigenvalue weighted by Gasteiger charge is -2.17. The van der Waals surface area contributed by atoms with Gasteiger partial charge in [-0.15, -0.1) is 0 Å². The summed E-state index contributed by atoms with van der Waals surface area (Å²) >= 11 is 0. The summed E-state index contributed by atoms with van der Waals surface area (Å²) in [7, 11) is 0. The molecular weight excluding hydrogens is 216 g/mol. The van der Waals surface area contributed by atoms with Crippen molar-refractivity contribution in [3.8, 4) is 5.75 Å². The molecule has 0 saturated carbocycles. The number of nitrogens with zero attached hydrogens (tertiary/aromatic N) is 2. The van der Waals surface area contributed by atoms with Crippen molar-refractivity contribution in [2.45, 2.75) is 13.8 Å². The quantitative estimate of drug-likeness (QED) is 0.549. The standard InChI is InChI=1S/C12H20N4O/c1-3-16(4-2)7-8-17-10-5-6-11(12(13)14)15-9-10/h5-6,9H,3-4,7-8H2,1-2H3,(H3,13,14). The number of nitrogens with one attached hydrogen (secondary N) is 1. The predicted molar refractivity (Wildman–Crippen MR) is 68.5 cm³/mol. The molecule has 0 aliphatic rings. The van der Waals surface area contributed by atoms with Gasteiger partial charge in [0.15, 0.2) is 0 Å². The third-order valence-electron chi connectivity index (χ3n) is 2.58. The Morgan fingerprint density at radius 1 is 1.41 bits per heavy atom. The van der Waals surface area contributed by atoms with Gasteiger partial charge in [-0.25, -0.2) is 4.98 Å². The fourth-order valence-corrected chi connectivity index (χ4v) is 1.46. The largest absolute Gasteiger partial charge is 0.491 e. The maximum absolute atomic E-state index is 7.22. The van der Waals surface area contributed by atoms with Crippen LogP contribution in [0.1, 0.15) is 19.5 Å². The molecule has 0 atom stereocenters. The average Bonchev–Trinajstić information content (AvgIpc) is 2.35. The fraction of sp³-hybridized carbons (Fsp3) is 0.500. The lowest BCUT2D eigenvalue weighted by Crippen LogP contribution is -2.27. The van der Waals surface area contributed by atoms with Crippen LogP contribution in [0, 0.1) is 5.41 Å². The van der Waals surface area contributed by atoms with E-state index >= 15 is 0 Å². The number of amidine groups is 1. The molecule has 0 aliphatic heterocycles. The molecule has 5 nitrogen and oxygen atoms in total. The Labute approximate surface area is 102 Å². The van der Waals surface area contributed by atoms with Gasteiger partial charge in [0.2, 0.25) is 0 Å². The van der Waals surface area contributed by atoms with Crippen LogP contribution in [0.15, 0.2) is 18.3 Å². The number of hydrogen-bond donors (Lipinski definition) is 2. The normalized spacial score (nSPS) is 10.5. The minimum atomic E-state index is -0.0281. The Hall–Kier alpha value is -1.62. The Morgan fingerprint density at radius 3 is 2.59 bits per heavy atom. The van der Waals surface area contributed by atoms with Crippen molar-refractivity contribution >= 4 is 5.84 Å². The van der Waals surface area contributed by atoms with E-state index in [-0.39, 0.29) is 5.84 Å². The molecule has 0 bridgehead atoms. The van der Waals surface area contributed by atoms with E-state index in [1.54, 1.807) is 18.3 Å². The summed E-state index contributed by atoms with van der Waals surface area (Å²) in [6.45, 7) is 7.87. The van der Waals surface area contributed by atoms with Gasteiger partial charge in [0.1, 0.15) is 23.9 Å². The molecule has 0 saturated heterocycles. The van der Waals surface area contributed by atoms with Gasteiger partial charge < -0.3 is 15.4 Å². The van der Waals surface area contributed by atoms with Crippen molar-refractivity contribution in [1.82, 2.24) is 9.88 Å². The zero-order chi connectivity index (χ0) is 12.7. The highest BCUT2D eigenvalue weighted by molar-refractivity contribution is 5.92. The molecule has 0 spiro atoms. The number of nitrogen functional groups attached to an aromatic ring is 1. The highest BCUT2D eigenvalue weighted by atomic mass is 16.5. The minimum absolute atomic E-state index is 0.0281. The van der Waals surface area contributed by atoms with Crippen molar-refractivity contribution in [2.75, 3.05) is 26.2 Å². The molecule has 0 aromatic carbocycles. The second kappa shape index (κ2) is 6.85. The van der Waals surface area contributed by atoms with Crippen molar-refractivity contribution in [3.63, 3.8) is 0 Å². The van der Waals surface area contributed by atoms with Crippen LogP contribution in [-0.4, -0.2) is 42.0 Å². The number of rotatable bonds is 7. The second-order valence-corrected chi connectivity index (χ2v) is 3.67. The molecule has 1 rings (SSSR count). The molecule has 5 heteroatoms. The first kappa shape index (κ1) is 13.4. The lowest BCUT2D eigenvalue weighted by atomic mass is 10.3. The summed E-state index contributed by atoms with van der Waals surface area (Å²) in [5.41, 5.74) is 5.79. The van der Waals surface area contributed by atoms with E-state index in [1.807, 2.05) is 0 Å². The summed E-state index contributed by atoms with van der Waals surface area (Å²) in [6, 6.07) is 3.47. The number of aromatic nitrogens is 1. The van der Waals surface area contributed by atoms with E-state index in [1.165, 1.54) is 0 Å². The average molecular weight is 236 g/mol. The first-order valence-corrected chi connectivity index (χ1v) is 5.83. The van der Waals surface area contributed by atoms with Crippen LogP contribution in [0.5, 0.6) is 5.75 Å².